The molecule has 1 heterocycles. The monoisotopic (exact) mass is 250 g/mol. The largest absolute Gasteiger partial charge is 0.415 e. The highest BCUT2D eigenvalue weighted by Gasteiger charge is 2.54. The van der Waals surface area contributed by atoms with Gasteiger partial charge in [0, 0.05) is 12.7 Å². The van der Waals surface area contributed by atoms with Crippen LogP contribution < -0.4 is 11.1 Å². The van der Waals surface area contributed by atoms with Crippen molar-refractivity contribution in [2.75, 3.05) is 5.32 Å². The van der Waals surface area contributed by atoms with Gasteiger partial charge in [-0.15, -0.1) is 0 Å². The van der Waals surface area contributed by atoms with Crippen molar-refractivity contribution >= 4 is 11.6 Å². The number of alkyl halides is 3. The first kappa shape index (κ1) is 13.5. The minimum Gasteiger partial charge on any atom is -0.322 e. The normalized spacial score (nSPS) is 15.4. The molecular formula is C9H13F3N4O. The fourth-order valence-electron chi connectivity index (χ4n) is 0.991. The van der Waals surface area contributed by atoms with Crippen molar-refractivity contribution in [3.05, 3.63) is 12.4 Å². The van der Waals surface area contributed by atoms with Crippen molar-refractivity contribution in [1.82, 2.24) is 9.78 Å². The van der Waals surface area contributed by atoms with Gasteiger partial charge in [-0.3, -0.25) is 9.48 Å². The molecule has 5 nitrogen and oxygen atoms in total. The third kappa shape index (κ3) is 2.76. The third-order valence-electron chi connectivity index (χ3n) is 2.28. The molecule has 96 valence electrons. The summed E-state index contributed by atoms with van der Waals surface area (Å²) in [6, 6.07) is 0. The van der Waals surface area contributed by atoms with E-state index in [4.69, 9.17) is 5.73 Å². The standard InChI is InChI=1S/C9H13F3N4O/c1-3-16-5-6(4-14-16)15-7(17)8(2,13)9(10,11)12/h4-5H,3,13H2,1-2H3,(H,15,17). The van der Waals surface area contributed by atoms with Crippen molar-refractivity contribution in [1.29, 1.82) is 0 Å². The molecule has 1 atom stereocenters. The molecular weight excluding hydrogens is 237 g/mol. The van der Waals surface area contributed by atoms with Gasteiger partial charge in [-0.05, 0) is 13.8 Å². The van der Waals surface area contributed by atoms with Gasteiger partial charge >= 0.3 is 6.18 Å². The predicted molar refractivity (Wildman–Crippen MR) is 55.2 cm³/mol. The molecule has 0 aromatic carbocycles. The molecule has 8 heteroatoms. The van der Waals surface area contributed by atoms with Gasteiger partial charge in [-0.2, -0.15) is 18.3 Å². The van der Waals surface area contributed by atoms with Crippen LogP contribution in [0.5, 0.6) is 0 Å². The van der Waals surface area contributed by atoms with E-state index in [-0.39, 0.29) is 5.69 Å². The number of aromatic nitrogens is 2. The van der Waals surface area contributed by atoms with E-state index in [1.807, 2.05) is 0 Å². The zero-order valence-electron chi connectivity index (χ0n) is 9.38. The van der Waals surface area contributed by atoms with Crippen molar-refractivity contribution in [3.8, 4) is 0 Å². The Bertz CT molecular complexity index is 411. The second kappa shape index (κ2) is 4.36. The Morgan fingerprint density at radius 2 is 2.18 bits per heavy atom. The molecule has 0 saturated carbocycles. The highest BCUT2D eigenvalue weighted by molar-refractivity contribution is 5.98. The van der Waals surface area contributed by atoms with E-state index in [1.54, 1.807) is 6.92 Å². The van der Waals surface area contributed by atoms with Crippen LogP contribution in [0.15, 0.2) is 12.4 Å². The number of nitrogens with one attached hydrogen (secondary N) is 1. The number of hydrogen-bond donors (Lipinski definition) is 2. The minimum absolute atomic E-state index is 0.178. The fourth-order valence-corrected chi connectivity index (χ4v) is 0.991. The van der Waals surface area contributed by atoms with Crippen LogP contribution in [0.25, 0.3) is 0 Å². The average Bonchev–Trinajstić information content (AvgIpc) is 2.63. The summed E-state index contributed by atoms with van der Waals surface area (Å²) in [6.07, 6.45) is -2.13. The first-order chi connectivity index (χ1) is 7.68. The van der Waals surface area contributed by atoms with Gasteiger partial charge in [-0.1, -0.05) is 0 Å². The van der Waals surface area contributed by atoms with Crippen LogP contribution in [0.3, 0.4) is 0 Å². The molecule has 0 aliphatic heterocycles. The number of aryl methyl sites for hydroxylation is 1. The van der Waals surface area contributed by atoms with Crippen molar-refractivity contribution < 1.29 is 18.0 Å². The SMILES string of the molecule is CCn1cc(NC(=O)C(C)(N)C(F)(F)F)cn1. The summed E-state index contributed by atoms with van der Waals surface area (Å²) >= 11 is 0. The second-order valence-electron chi connectivity index (χ2n) is 3.74. The van der Waals surface area contributed by atoms with Gasteiger partial charge < -0.3 is 11.1 Å². The molecule has 0 aliphatic rings. The number of hydrogen-bond acceptors (Lipinski definition) is 3. The predicted octanol–water partition coefficient (Wildman–Crippen LogP) is 1.12. The van der Waals surface area contributed by atoms with Gasteiger partial charge in [0.05, 0.1) is 11.9 Å². The summed E-state index contributed by atoms with van der Waals surface area (Å²) in [5, 5.41) is 5.89. The number of amides is 1. The first-order valence-corrected chi connectivity index (χ1v) is 4.88. The van der Waals surface area contributed by atoms with E-state index >= 15 is 0 Å². The molecule has 0 saturated heterocycles. The van der Waals surface area contributed by atoms with Crippen LogP contribution in [0.1, 0.15) is 13.8 Å². The number of carbonyl (C=O) groups is 1. The van der Waals surface area contributed by atoms with Crippen LogP contribution in [-0.4, -0.2) is 27.4 Å². The Balaban J connectivity index is 2.79. The Morgan fingerprint density at radius 1 is 1.59 bits per heavy atom. The minimum atomic E-state index is -4.81. The highest BCUT2D eigenvalue weighted by Crippen LogP contribution is 2.28. The lowest BCUT2D eigenvalue weighted by Gasteiger charge is -2.25. The van der Waals surface area contributed by atoms with Crippen LogP contribution in [-0.2, 0) is 11.3 Å². The summed E-state index contributed by atoms with van der Waals surface area (Å²) in [7, 11) is 0. The van der Waals surface area contributed by atoms with Gasteiger partial charge in [-0.25, -0.2) is 0 Å². The van der Waals surface area contributed by atoms with Crippen LogP contribution in [0.4, 0.5) is 18.9 Å². The smallest absolute Gasteiger partial charge is 0.322 e. The quantitative estimate of drug-likeness (QED) is 0.844. The molecule has 1 amide bonds. The van der Waals surface area contributed by atoms with E-state index in [2.05, 4.69) is 10.4 Å². The van der Waals surface area contributed by atoms with Crippen LogP contribution in [0, 0.1) is 0 Å². The van der Waals surface area contributed by atoms with Gasteiger partial charge in [0.2, 0.25) is 0 Å². The molecule has 1 aromatic heterocycles. The maximum Gasteiger partial charge on any atom is 0.415 e. The molecule has 3 N–H and O–H groups in total. The molecule has 0 radical (unpaired) electrons. The van der Waals surface area contributed by atoms with Gasteiger partial charge in [0.25, 0.3) is 5.91 Å². The highest BCUT2D eigenvalue weighted by atomic mass is 19.4. The summed E-state index contributed by atoms with van der Waals surface area (Å²) in [5.41, 5.74) is 2.21. The molecule has 17 heavy (non-hydrogen) atoms. The van der Waals surface area contributed by atoms with E-state index in [0.717, 1.165) is 0 Å². The van der Waals surface area contributed by atoms with Crippen molar-refractivity contribution in [2.45, 2.75) is 32.1 Å². The summed E-state index contributed by atoms with van der Waals surface area (Å²) in [5.74, 6) is -1.32. The lowest BCUT2D eigenvalue weighted by molar-refractivity contribution is -0.184. The van der Waals surface area contributed by atoms with Crippen molar-refractivity contribution in [2.24, 2.45) is 5.73 Å². The molecule has 0 fully saturated rings. The zero-order chi connectivity index (χ0) is 13.3. The molecule has 0 aliphatic carbocycles. The van der Waals surface area contributed by atoms with E-state index in [9.17, 15) is 18.0 Å². The average molecular weight is 250 g/mol. The number of anilines is 1. The second-order valence-corrected chi connectivity index (χ2v) is 3.74. The Morgan fingerprint density at radius 3 is 2.59 bits per heavy atom. The molecule has 0 spiro atoms. The number of carbonyl (C=O) groups excluding carboxylic acids is 1. The number of nitrogens with two attached hydrogens (primary N) is 1. The maximum absolute atomic E-state index is 12.5. The summed E-state index contributed by atoms with van der Waals surface area (Å²) in [4.78, 5) is 11.4. The summed E-state index contributed by atoms with van der Waals surface area (Å²) in [6.45, 7) is 2.98. The van der Waals surface area contributed by atoms with E-state index in [0.29, 0.717) is 13.5 Å². The number of halogens is 3. The lowest BCUT2D eigenvalue weighted by Crippen LogP contribution is -2.59. The van der Waals surface area contributed by atoms with Crippen molar-refractivity contribution in [3.63, 3.8) is 0 Å². The molecule has 1 aromatic rings. The Kier molecular flexibility index (Phi) is 3.46. The van der Waals surface area contributed by atoms with E-state index < -0.39 is 17.6 Å². The molecule has 1 unspecified atom stereocenters. The summed E-state index contributed by atoms with van der Waals surface area (Å²) < 4.78 is 38.8. The van der Waals surface area contributed by atoms with Gasteiger partial charge in [0.1, 0.15) is 0 Å². The number of nitrogens with zero attached hydrogens (tertiary/aromatic N) is 2. The topological polar surface area (TPSA) is 72.9 Å². The van der Waals surface area contributed by atoms with E-state index in [1.165, 1.54) is 17.1 Å². The zero-order valence-corrected chi connectivity index (χ0v) is 9.38. The Labute approximate surface area is 95.8 Å². The fraction of sp³-hybridized carbons (Fsp3) is 0.556. The van der Waals surface area contributed by atoms with Crippen LogP contribution in [0.2, 0.25) is 0 Å². The molecule has 0 bridgehead atoms. The molecule has 1 rings (SSSR count). The third-order valence-corrected chi connectivity index (χ3v) is 2.28. The number of rotatable bonds is 3. The maximum atomic E-state index is 12.5. The Hall–Kier alpha value is -1.57. The van der Waals surface area contributed by atoms with Gasteiger partial charge in [0.15, 0.2) is 5.54 Å². The van der Waals surface area contributed by atoms with Crippen LogP contribution >= 0.6 is 0 Å². The lowest BCUT2D eigenvalue weighted by atomic mass is 10.0. The first-order valence-electron chi connectivity index (χ1n) is 4.88.